The van der Waals surface area contributed by atoms with Gasteiger partial charge in [0.2, 0.25) is 0 Å². The smallest absolute Gasteiger partial charge is 0.00266 e. The summed E-state index contributed by atoms with van der Waals surface area (Å²) in [4.78, 5) is 0. The van der Waals surface area contributed by atoms with Crippen molar-refractivity contribution in [3.05, 3.63) is 158 Å². The van der Waals surface area contributed by atoms with Crippen molar-refractivity contribution in [2.75, 3.05) is 0 Å². The molecule has 0 aromatic heterocycles. The molecule has 7 aromatic rings. The summed E-state index contributed by atoms with van der Waals surface area (Å²) < 4.78 is 0. The minimum absolute atomic E-state index is 1.22. The molecule has 0 saturated heterocycles. The summed E-state index contributed by atoms with van der Waals surface area (Å²) in [5.74, 6) is 0. The Morgan fingerprint density at radius 3 is 1.18 bits per heavy atom. The third kappa shape index (κ3) is 4.07. The average molecular weight is 483 g/mol. The van der Waals surface area contributed by atoms with Crippen LogP contribution in [-0.4, -0.2) is 0 Å². The molecule has 0 atom stereocenters. The Bertz CT molecular complexity index is 1780. The van der Waals surface area contributed by atoms with Gasteiger partial charge in [-0.1, -0.05) is 127 Å². The third-order valence-electron chi connectivity index (χ3n) is 7.40. The van der Waals surface area contributed by atoms with Crippen LogP contribution in [0.2, 0.25) is 0 Å². The van der Waals surface area contributed by atoms with Gasteiger partial charge in [0.25, 0.3) is 0 Å². The zero-order valence-electron chi connectivity index (χ0n) is 21.0. The maximum Gasteiger partial charge on any atom is -0.00266 e. The molecule has 0 spiro atoms. The summed E-state index contributed by atoms with van der Waals surface area (Å²) in [6.45, 7) is 0. The Morgan fingerprint density at radius 2 is 0.632 bits per heavy atom. The molecule has 0 radical (unpaired) electrons. The van der Waals surface area contributed by atoms with E-state index in [4.69, 9.17) is 0 Å². The molecule has 0 heterocycles. The van der Waals surface area contributed by atoms with Crippen molar-refractivity contribution in [1.82, 2.24) is 0 Å². The van der Waals surface area contributed by atoms with Crippen molar-refractivity contribution in [1.29, 1.82) is 0 Å². The zero-order chi connectivity index (χ0) is 25.3. The molecule has 0 fully saturated rings. The van der Waals surface area contributed by atoms with E-state index in [-0.39, 0.29) is 0 Å². The Hall–Kier alpha value is -4.94. The molecule has 0 N–H and O–H groups in total. The van der Waals surface area contributed by atoms with E-state index in [2.05, 4.69) is 158 Å². The zero-order valence-corrected chi connectivity index (χ0v) is 21.0. The van der Waals surface area contributed by atoms with E-state index in [1.807, 2.05) is 0 Å². The van der Waals surface area contributed by atoms with E-state index in [0.717, 1.165) is 0 Å². The number of rotatable bonds is 4. The van der Waals surface area contributed by atoms with Crippen LogP contribution in [0.4, 0.5) is 0 Å². The third-order valence-corrected chi connectivity index (χ3v) is 7.40. The van der Waals surface area contributed by atoms with E-state index in [1.165, 1.54) is 66.1 Å². The molecule has 7 rings (SSSR count). The van der Waals surface area contributed by atoms with Crippen molar-refractivity contribution >= 4 is 21.5 Å². The molecule has 0 aliphatic carbocycles. The van der Waals surface area contributed by atoms with E-state index >= 15 is 0 Å². The second kappa shape index (κ2) is 9.50. The molecule has 0 heteroatoms. The van der Waals surface area contributed by atoms with Crippen LogP contribution in [0.15, 0.2) is 158 Å². The van der Waals surface area contributed by atoms with E-state index < -0.39 is 0 Å². The molecule has 0 aliphatic rings. The second-order valence-corrected chi connectivity index (χ2v) is 9.81. The molecule has 0 bridgehead atoms. The number of hydrogen-bond donors (Lipinski definition) is 0. The lowest BCUT2D eigenvalue weighted by Crippen LogP contribution is -1.88. The average Bonchev–Trinajstić information content (AvgIpc) is 3.00. The second-order valence-electron chi connectivity index (χ2n) is 9.81. The quantitative estimate of drug-likeness (QED) is 0.219. The predicted octanol–water partition coefficient (Wildman–Crippen LogP) is 10.7. The highest BCUT2D eigenvalue weighted by molar-refractivity contribution is 6.12. The van der Waals surface area contributed by atoms with Gasteiger partial charge in [0.1, 0.15) is 0 Å². The fourth-order valence-electron chi connectivity index (χ4n) is 5.57. The van der Waals surface area contributed by atoms with Gasteiger partial charge >= 0.3 is 0 Å². The van der Waals surface area contributed by atoms with Gasteiger partial charge in [-0.3, -0.25) is 0 Å². The van der Waals surface area contributed by atoms with Gasteiger partial charge in [-0.2, -0.15) is 0 Å². The van der Waals surface area contributed by atoms with Crippen LogP contribution in [0.25, 0.3) is 66.1 Å². The summed E-state index contributed by atoms with van der Waals surface area (Å²) >= 11 is 0. The first-order chi connectivity index (χ1) is 18.8. The monoisotopic (exact) mass is 482 g/mol. The SMILES string of the molecule is c1ccc(-c2cc(-c3ccccc3)cc(-c3cccc(-c4c5ccccc5cc5ccccc45)c3)c2)cc1. The summed E-state index contributed by atoms with van der Waals surface area (Å²) in [7, 11) is 0. The maximum absolute atomic E-state index is 2.35. The van der Waals surface area contributed by atoms with Crippen LogP contribution in [0, 0.1) is 0 Å². The van der Waals surface area contributed by atoms with E-state index in [0.29, 0.717) is 0 Å². The van der Waals surface area contributed by atoms with Crippen molar-refractivity contribution in [2.24, 2.45) is 0 Å². The largest absolute Gasteiger partial charge is 0.0622 e. The normalized spacial score (nSPS) is 11.2. The molecule has 7 aromatic carbocycles. The highest BCUT2D eigenvalue weighted by atomic mass is 14.2. The fraction of sp³-hybridized carbons (Fsp3) is 0. The van der Waals surface area contributed by atoms with Gasteiger partial charge in [-0.15, -0.1) is 0 Å². The number of benzene rings is 7. The first-order valence-electron chi connectivity index (χ1n) is 13.1. The summed E-state index contributed by atoms with van der Waals surface area (Å²) in [5.41, 5.74) is 9.87. The Morgan fingerprint density at radius 1 is 0.237 bits per heavy atom. The lowest BCUT2D eigenvalue weighted by Gasteiger charge is -2.15. The lowest BCUT2D eigenvalue weighted by atomic mass is 9.89. The van der Waals surface area contributed by atoms with Gasteiger partial charge in [0, 0.05) is 0 Å². The van der Waals surface area contributed by atoms with Crippen LogP contribution in [0.1, 0.15) is 0 Å². The van der Waals surface area contributed by atoms with Crippen LogP contribution >= 0.6 is 0 Å². The van der Waals surface area contributed by atoms with Crippen molar-refractivity contribution in [3.8, 4) is 44.5 Å². The molecular weight excluding hydrogens is 456 g/mol. The van der Waals surface area contributed by atoms with Crippen LogP contribution in [-0.2, 0) is 0 Å². The van der Waals surface area contributed by atoms with Crippen LogP contribution in [0.5, 0.6) is 0 Å². The van der Waals surface area contributed by atoms with E-state index in [1.54, 1.807) is 0 Å². The molecular formula is C38H26. The molecule has 0 nitrogen and oxygen atoms in total. The predicted molar refractivity (Wildman–Crippen MR) is 163 cm³/mol. The summed E-state index contributed by atoms with van der Waals surface area (Å²) in [6, 6.07) is 57.0. The van der Waals surface area contributed by atoms with Crippen molar-refractivity contribution in [3.63, 3.8) is 0 Å². The summed E-state index contributed by atoms with van der Waals surface area (Å²) in [6.07, 6.45) is 0. The first kappa shape index (κ1) is 22.3. The Kier molecular flexibility index (Phi) is 5.57. The Labute approximate surface area is 223 Å². The Balaban J connectivity index is 1.45. The van der Waals surface area contributed by atoms with Crippen LogP contribution in [0.3, 0.4) is 0 Å². The standard InChI is InChI=1S/C38H26/c1-3-12-27(13-4-1)33-24-34(28-14-5-2-6-15-28)26-35(25-33)29-18-11-19-32(22-29)38-36-20-9-7-16-30(36)23-31-17-8-10-21-37(31)38/h1-26H. The maximum atomic E-state index is 2.35. The minimum Gasteiger partial charge on any atom is -0.0622 e. The molecule has 0 amide bonds. The first-order valence-corrected chi connectivity index (χ1v) is 13.1. The lowest BCUT2D eigenvalue weighted by molar-refractivity contribution is 1.56. The van der Waals surface area contributed by atoms with Gasteiger partial charge < -0.3 is 0 Å². The molecule has 0 saturated carbocycles. The van der Waals surface area contributed by atoms with Gasteiger partial charge in [0.05, 0.1) is 0 Å². The molecule has 0 aliphatic heterocycles. The minimum atomic E-state index is 1.22. The highest BCUT2D eigenvalue weighted by Crippen LogP contribution is 2.39. The highest BCUT2D eigenvalue weighted by Gasteiger charge is 2.12. The number of hydrogen-bond acceptors (Lipinski definition) is 0. The van der Waals surface area contributed by atoms with E-state index in [9.17, 15) is 0 Å². The van der Waals surface area contributed by atoms with Crippen molar-refractivity contribution in [2.45, 2.75) is 0 Å². The van der Waals surface area contributed by atoms with Gasteiger partial charge in [-0.05, 0) is 96.4 Å². The van der Waals surface area contributed by atoms with Gasteiger partial charge in [-0.25, -0.2) is 0 Å². The van der Waals surface area contributed by atoms with Gasteiger partial charge in [0.15, 0.2) is 0 Å². The molecule has 178 valence electrons. The fourth-order valence-corrected chi connectivity index (χ4v) is 5.57. The van der Waals surface area contributed by atoms with Crippen molar-refractivity contribution < 1.29 is 0 Å². The molecule has 0 unspecified atom stereocenters. The molecule has 38 heavy (non-hydrogen) atoms. The number of fused-ring (bicyclic) bond motifs is 2. The topological polar surface area (TPSA) is 0 Å². The summed E-state index contributed by atoms with van der Waals surface area (Å²) in [5, 5.41) is 5.10. The van der Waals surface area contributed by atoms with Crippen LogP contribution < -0.4 is 0 Å².